The second kappa shape index (κ2) is 7.48. The molecule has 0 amide bonds. The summed E-state index contributed by atoms with van der Waals surface area (Å²) in [6, 6.07) is 12.0. The molecule has 4 atom stereocenters. The molecule has 2 fully saturated rings. The molecule has 2 aliphatic rings. The van der Waals surface area contributed by atoms with Gasteiger partial charge in [-0.25, -0.2) is 4.39 Å². The van der Waals surface area contributed by atoms with E-state index in [1.165, 1.54) is 63.2 Å². The number of rotatable bonds is 4. The molecule has 2 aromatic carbocycles. The van der Waals surface area contributed by atoms with E-state index < -0.39 is 0 Å². The average Bonchev–Trinajstić information content (AvgIpc) is 2.65. The van der Waals surface area contributed by atoms with Crippen molar-refractivity contribution in [3.05, 3.63) is 47.8 Å². The van der Waals surface area contributed by atoms with Gasteiger partial charge in [-0.05, 0) is 84.2 Å². The first-order chi connectivity index (χ1) is 12.2. The second-order valence-electron chi connectivity index (χ2n) is 8.57. The van der Waals surface area contributed by atoms with Crippen LogP contribution in [-0.4, -0.2) is 0 Å². The third-order valence-electron chi connectivity index (χ3n) is 6.99. The number of unbranched alkanes of at least 4 members (excludes halogenated alkanes) is 1. The van der Waals surface area contributed by atoms with Crippen molar-refractivity contribution >= 4 is 10.8 Å². The molecule has 0 nitrogen and oxygen atoms in total. The van der Waals surface area contributed by atoms with Crippen LogP contribution in [0.5, 0.6) is 0 Å². The Bertz CT molecular complexity index is 719. The summed E-state index contributed by atoms with van der Waals surface area (Å²) in [5, 5.41) is 2.21. The molecule has 4 rings (SSSR count). The molecular weight excluding hydrogens is 307 g/mol. The lowest BCUT2D eigenvalue weighted by atomic mass is 9.63. The van der Waals surface area contributed by atoms with E-state index in [1.807, 2.05) is 12.1 Å². The third-order valence-corrected chi connectivity index (χ3v) is 6.99. The molecule has 1 heteroatoms. The van der Waals surface area contributed by atoms with E-state index in [1.54, 1.807) is 6.07 Å². The van der Waals surface area contributed by atoms with Crippen molar-refractivity contribution in [3.8, 4) is 0 Å². The Kier molecular flexibility index (Phi) is 5.10. The molecule has 2 aliphatic carbocycles. The van der Waals surface area contributed by atoms with Gasteiger partial charge in [0.2, 0.25) is 0 Å². The maximum Gasteiger partial charge on any atom is 0.127 e. The van der Waals surface area contributed by atoms with Crippen LogP contribution >= 0.6 is 0 Å². The van der Waals surface area contributed by atoms with Gasteiger partial charge in [0.05, 0.1) is 0 Å². The van der Waals surface area contributed by atoms with Crippen molar-refractivity contribution in [1.29, 1.82) is 0 Å². The molecule has 0 aromatic heterocycles. The molecule has 25 heavy (non-hydrogen) atoms. The summed E-state index contributed by atoms with van der Waals surface area (Å²) < 4.78 is 14.7. The molecule has 0 aliphatic heterocycles. The van der Waals surface area contributed by atoms with Gasteiger partial charge in [-0.2, -0.15) is 0 Å². The van der Waals surface area contributed by atoms with Gasteiger partial charge in [0.25, 0.3) is 0 Å². The summed E-state index contributed by atoms with van der Waals surface area (Å²) in [5.41, 5.74) is 0.977. The largest absolute Gasteiger partial charge is 0.207 e. The lowest BCUT2D eigenvalue weighted by Gasteiger charge is -2.42. The maximum absolute atomic E-state index is 14.7. The highest BCUT2D eigenvalue weighted by Crippen LogP contribution is 2.49. The molecule has 0 heterocycles. The lowest BCUT2D eigenvalue weighted by Crippen LogP contribution is -2.30. The predicted molar refractivity (Wildman–Crippen MR) is 104 cm³/mol. The number of benzene rings is 2. The van der Waals surface area contributed by atoms with Crippen LogP contribution in [0.3, 0.4) is 0 Å². The zero-order valence-electron chi connectivity index (χ0n) is 15.5. The Labute approximate surface area is 151 Å². The van der Waals surface area contributed by atoms with Crippen LogP contribution in [0.4, 0.5) is 4.39 Å². The topological polar surface area (TPSA) is 0 Å². The predicted octanol–water partition coefficient (Wildman–Crippen LogP) is 7.47. The smallest absolute Gasteiger partial charge is 0.127 e. The van der Waals surface area contributed by atoms with Gasteiger partial charge in [0, 0.05) is 0 Å². The molecule has 2 aromatic rings. The van der Waals surface area contributed by atoms with Crippen LogP contribution in [0.25, 0.3) is 10.8 Å². The average molecular weight is 339 g/mol. The Balaban J connectivity index is 1.47. The molecule has 0 spiro atoms. The summed E-state index contributed by atoms with van der Waals surface area (Å²) >= 11 is 0. The van der Waals surface area contributed by atoms with E-state index in [0.29, 0.717) is 5.92 Å². The second-order valence-corrected chi connectivity index (χ2v) is 8.57. The van der Waals surface area contributed by atoms with Crippen LogP contribution in [0, 0.1) is 23.6 Å². The fourth-order valence-electron chi connectivity index (χ4n) is 5.57. The van der Waals surface area contributed by atoms with E-state index >= 15 is 0 Å². The van der Waals surface area contributed by atoms with Crippen LogP contribution in [-0.2, 0) is 0 Å². The quantitative estimate of drug-likeness (QED) is 0.542. The Morgan fingerprint density at radius 1 is 0.920 bits per heavy atom. The highest BCUT2D eigenvalue weighted by molar-refractivity contribution is 5.83. The van der Waals surface area contributed by atoms with Gasteiger partial charge in [-0.1, -0.05) is 56.9 Å². The van der Waals surface area contributed by atoms with Crippen molar-refractivity contribution in [2.45, 2.75) is 70.6 Å². The van der Waals surface area contributed by atoms with Crippen LogP contribution in [0.1, 0.15) is 76.2 Å². The minimum absolute atomic E-state index is 0.0128. The molecule has 4 unspecified atom stereocenters. The standard InChI is InChI=1S/C24H31F/c1-2-3-6-17-9-10-21-14-22(12-11-20(21)13-17)23-15-18-7-4-5-8-19(18)16-24(23)25/h4-5,7-8,15-17,20-22H,2-3,6,9-14H2,1H3. The van der Waals surface area contributed by atoms with Gasteiger partial charge in [-0.3, -0.25) is 0 Å². The SMILES string of the molecule is CCCCC1CCC2CC(c3cc4ccccc4cc3F)CCC2C1. The lowest BCUT2D eigenvalue weighted by molar-refractivity contribution is 0.112. The normalized spacial score (nSPS) is 29.5. The number of hydrogen-bond acceptors (Lipinski definition) is 0. The summed E-state index contributed by atoms with van der Waals surface area (Å²) in [4.78, 5) is 0. The van der Waals surface area contributed by atoms with Crippen LogP contribution < -0.4 is 0 Å². The van der Waals surface area contributed by atoms with Gasteiger partial charge in [-0.15, -0.1) is 0 Å². The minimum atomic E-state index is 0.0128. The van der Waals surface area contributed by atoms with Crippen molar-refractivity contribution < 1.29 is 4.39 Å². The Morgan fingerprint density at radius 3 is 2.44 bits per heavy atom. The number of hydrogen-bond donors (Lipinski definition) is 0. The molecule has 0 saturated heterocycles. The highest BCUT2D eigenvalue weighted by atomic mass is 19.1. The molecular formula is C24H31F. The van der Waals surface area contributed by atoms with Crippen LogP contribution in [0.15, 0.2) is 36.4 Å². The molecule has 0 bridgehead atoms. The van der Waals surface area contributed by atoms with E-state index in [0.717, 1.165) is 28.7 Å². The van der Waals surface area contributed by atoms with Gasteiger partial charge in [0.1, 0.15) is 5.82 Å². The first-order valence-corrected chi connectivity index (χ1v) is 10.4. The van der Waals surface area contributed by atoms with E-state index in [9.17, 15) is 4.39 Å². The molecule has 0 N–H and O–H groups in total. The summed E-state index contributed by atoms with van der Waals surface area (Å²) in [6.07, 6.45) is 12.1. The van der Waals surface area contributed by atoms with Crippen molar-refractivity contribution in [2.75, 3.05) is 0 Å². The fourth-order valence-corrected chi connectivity index (χ4v) is 5.57. The van der Waals surface area contributed by atoms with Gasteiger partial charge < -0.3 is 0 Å². The van der Waals surface area contributed by atoms with E-state index in [2.05, 4.69) is 25.1 Å². The number of halogens is 1. The fraction of sp³-hybridized carbons (Fsp3) is 0.583. The first kappa shape index (κ1) is 17.1. The summed E-state index contributed by atoms with van der Waals surface area (Å²) in [7, 11) is 0. The van der Waals surface area contributed by atoms with Crippen molar-refractivity contribution in [1.82, 2.24) is 0 Å². The third kappa shape index (κ3) is 3.61. The summed E-state index contributed by atoms with van der Waals surface area (Å²) in [5.74, 6) is 3.16. The Morgan fingerprint density at radius 2 is 1.64 bits per heavy atom. The summed E-state index contributed by atoms with van der Waals surface area (Å²) in [6.45, 7) is 2.30. The van der Waals surface area contributed by atoms with Gasteiger partial charge >= 0.3 is 0 Å². The van der Waals surface area contributed by atoms with E-state index in [-0.39, 0.29) is 5.82 Å². The highest BCUT2D eigenvalue weighted by Gasteiger charge is 2.36. The monoisotopic (exact) mass is 338 g/mol. The zero-order chi connectivity index (χ0) is 17.2. The van der Waals surface area contributed by atoms with Crippen molar-refractivity contribution in [2.24, 2.45) is 17.8 Å². The maximum atomic E-state index is 14.7. The molecule has 2 saturated carbocycles. The van der Waals surface area contributed by atoms with Crippen molar-refractivity contribution in [3.63, 3.8) is 0 Å². The Hall–Kier alpha value is -1.37. The van der Waals surface area contributed by atoms with E-state index in [4.69, 9.17) is 0 Å². The van der Waals surface area contributed by atoms with Gasteiger partial charge in [0.15, 0.2) is 0 Å². The van der Waals surface area contributed by atoms with Crippen LogP contribution in [0.2, 0.25) is 0 Å². The first-order valence-electron chi connectivity index (χ1n) is 10.4. The minimum Gasteiger partial charge on any atom is -0.207 e. The number of fused-ring (bicyclic) bond motifs is 2. The molecule has 0 radical (unpaired) electrons. The zero-order valence-corrected chi connectivity index (χ0v) is 15.5. The molecule has 134 valence electrons.